The number of fused-ring (bicyclic) bond motifs is 1. The molecule has 1 saturated heterocycles. The Morgan fingerprint density at radius 3 is 2.89 bits per heavy atom. The Balaban J connectivity index is 1.74. The average Bonchev–Trinajstić information content (AvgIpc) is 2.93. The highest BCUT2D eigenvalue weighted by atomic mass is 16.3. The zero-order valence-electron chi connectivity index (χ0n) is 11.3. The van der Waals surface area contributed by atoms with Crippen molar-refractivity contribution in [1.82, 2.24) is 14.5 Å². The number of hydrogen-bond donors (Lipinski definition) is 1. The monoisotopic (exact) mass is 249 g/mol. The predicted octanol–water partition coefficient (Wildman–Crippen LogP) is 1.39. The maximum absolute atomic E-state index is 9.69. The summed E-state index contributed by atoms with van der Waals surface area (Å²) in [6.45, 7) is 7.57. The van der Waals surface area contributed by atoms with E-state index < -0.39 is 0 Å². The quantitative estimate of drug-likeness (QED) is 0.861. The molecule has 0 bridgehead atoms. The Morgan fingerprint density at radius 1 is 1.33 bits per heavy atom. The lowest BCUT2D eigenvalue weighted by Crippen LogP contribution is -2.27. The first-order chi connectivity index (χ1) is 8.63. The van der Waals surface area contributed by atoms with E-state index in [1.807, 2.05) is 0 Å². The molecule has 4 nitrogen and oxygen atoms in total. The summed E-state index contributed by atoms with van der Waals surface area (Å²) in [7, 11) is 0. The van der Waals surface area contributed by atoms with Crippen molar-refractivity contribution in [2.45, 2.75) is 57.7 Å². The standard InChI is InChI=1S/C14H23N3O/c1-10(2)16-6-5-11(7-16)13-9-17-8-12(18)3-4-14(17)15-13/h9-12,18H,3-8H2,1-2H3. The fourth-order valence-corrected chi connectivity index (χ4v) is 3.14. The van der Waals surface area contributed by atoms with Gasteiger partial charge in [-0.05, 0) is 33.2 Å². The largest absolute Gasteiger partial charge is 0.391 e. The molecular weight excluding hydrogens is 226 g/mol. The molecule has 0 spiro atoms. The van der Waals surface area contributed by atoms with Gasteiger partial charge in [-0.1, -0.05) is 0 Å². The second-order valence-corrected chi connectivity index (χ2v) is 6.00. The van der Waals surface area contributed by atoms with Crippen molar-refractivity contribution in [2.24, 2.45) is 0 Å². The molecule has 0 saturated carbocycles. The van der Waals surface area contributed by atoms with Crippen LogP contribution in [0.3, 0.4) is 0 Å². The molecule has 0 radical (unpaired) electrons. The Bertz CT molecular complexity index is 427. The van der Waals surface area contributed by atoms with Gasteiger partial charge in [0, 0.05) is 37.7 Å². The summed E-state index contributed by atoms with van der Waals surface area (Å²) in [6.07, 6.45) is 4.99. The summed E-state index contributed by atoms with van der Waals surface area (Å²) in [5, 5.41) is 9.69. The third-order valence-electron chi connectivity index (χ3n) is 4.35. The number of imidazole rings is 1. The van der Waals surface area contributed by atoms with Crippen LogP contribution < -0.4 is 0 Å². The van der Waals surface area contributed by atoms with Crippen LogP contribution in [-0.4, -0.2) is 44.8 Å². The molecule has 2 unspecified atom stereocenters. The smallest absolute Gasteiger partial charge is 0.109 e. The van der Waals surface area contributed by atoms with Crippen LogP contribution in [-0.2, 0) is 13.0 Å². The Labute approximate surface area is 109 Å². The minimum Gasteiger partial charge on any atom is -0.391 e. The highest BCUT2D eigenvalue weighted by Crippen LogP contribution is 2.29. The van der Waals surface area contributed by atoms with E-state index in [9.17, 15) is 5.11 Å². The number of aromatic nitrogens is 2. The molecule has 0 aromatic carbocycles. The van der Waals surface area contributed by atoms with Gasteiger partial charge in [-0.25, -0.2) is 4.98 Å². The van der Waals surface area contributed by atoms with E-state index >= 15 is 0 Å². The second kappa shape index (κ2) is 4.67. The minimum absolute atomic E-state index is 0.185. The van der Waals surface area contributed by atoms with Crippen LogP contribution >= 0.6 is 0 Å². The van der Waals surface area contributed by atoms with Crippen molar-refractivity contribution < 1.29 is 5.11 Å². The third-order valence-corrected chi connectivity index (χ3v) is 4.35. The average molecular weight is 249 g/mol. The van der Waals surface area contributed by atoms with E-state index in [-0.39, 0.29) is 6.10 Å². The molecule has 1 aromatic rings. The molecule has 4 heteroatoms. The van der Waals surface area contributed by atoms with E-state index in [0.717, 1.165) is 25.9 Å². The molecule has 2 atom stereocenters. The maximum Gasteiger partial charge on any atom is 0.109 e. The molecule has 18 heavy (non-hydrogen) atoms. The van der Waals surface area contributed by atoms with Gasteiger partial charge in [-0.15, -0.1) is 0 Å². The molecule has 3 rings (SSSR count). The van der Waals surface area contributed by atoms with Crippen LogP contribution in [0.15, 0.2) is 6.20 Å². The molecule has 0 aliphatic carbocycles. The molecular formula is C14H23N3O. The van der Waals surface area contributed by atoms with E-state index in [4.69, 9.17) is 4.98 Å². The minimum atomic E-state index is -0.185. The van der Waals surface area contributed by atoms with Crippen LogP contribution in [0, 0.1) is 0 Å². The Morgan fingerprint density at radius 2 is 2.17 bits per heavy atom. The zero-order valence-corrected chi connectivity index (χ0v) is 11.3. The van der Waals surface area contributed by atoms with Gasteiger partial charge in [0.2, 0.25) is 0 Å². The van der Waals surface area contributed by atoms with Gasteiger partial charge in [-0.3, -0.25) is 0 Å². The lowest BCUT2D eigenvalue weighted by Gasteiger charge is -2.19. The summed E-state index contributed by atoms with van der Waals surface area (Å²) >= 11 is 0. The number of likely N-dealkylation sites (tertiary alicyclic amines) is 1. The SMILES string of the molecule is CC(C)N1CCC(c2cn3c(n2)CCC(O)C3)C1. The van der Waals surface area contributed by atoms with Gasteiger partial charge in [0.15, 0.2) is 0 Å². The number of aryl methyl sites for hydroxylation is 1. The maximum atomic E-state index is 9.69. The number of nitrogens with zero attached hydrogens (tertiary/aromatic N) is 3. The molecule has 3 heterocycles. The van der Waals surface area contributed by atoms with Crippen LogP contribution in [0.25, 0.3) is 0 Å². The van der Waals surface area contributed by atoms with Gasteiger partial charge in [0.05, 0.1) is 11.8 Å². The molecule has 0 amide bonds. The van der Waals surface area contributed by atoms with Crippen LogP contribution in [0.2, 0.25) is 0 Å². The van der Waals surface area contributed by atoms with Crippen molar-refractivity contribution in [3.8, 4) is 0 Å². The number of aliphatic hydroxyl groups is 1. The number of aliphatic hydroxyl groups excluding tert-OH is 1. The van der Waals surface area contributed by atoms with Crippen molar-refractivity contribution in [2.75, 3.05) is 13.1 Å². The van der Waals surface area contributed by atoms with Gasteiger partial charge >= 0.3 is 0 Å². The van der Waals surface area contributed by atoms with Crippen LogP contribution in [0.4, 0.5) is 0 Å². The second-order valence-electron chi connectivity index (χ2n) is 6.00. The van der Waals surface area contributed by atoms with Crippen molar-refractivity contribution >= 4 is 0 Å². The normalized spacial score (nSPS) is 28.9. The summed E-state index contributed by atoms with van der Waals surface area (Å²) in [6, 6.07) is 0.633. The lowest BCUT2D eigenvalue weighted by atomic mass is 10.1. The molecule has 100 valence electrons. The topological polar surface area (TPSA) is 41.3 Å². The van der Waals surface area contributed by atoms with Gasteiger partial charge in [0.1, 0.15) is 5.82 Å². The lowest BCUT2D eigenvalue weighted by molar-refractivity contribution is 0.130. The van der Waals surface area contributed by atoms with Crippen molar-refractivity contribution in [3.63, 3.8) is 0 Å². The van der Waals surface area contributed by atoms with Gasteiger partial charge in [0.25, 0.3) is 0 Å². The van der Waals surface area contributed by atoms with Crippen molar-refractivity contribution in [1.29, 1.82) is 0 Å². The van der Waals surface area contributed by atoms with Crippen molar-refractivity contribution in [3.05, 3.63) is 17.7 Å². The van der Waals surface area contributed by atoms with Crippen LogP contribution in [0.5, 0.6) is 0 Å². The first-order valence-corrected chi connectivity index (χ1v) is 7.11. The van der Waals surface area contributed by atoms with E-state index in [2.05, 4.69) is 29.5 Å². The van der Waals surface area contributed by atoms with Crippen LogP contribution in [0.1, 0.15) is 44.1 Å². The molecule has 2 aliphatic heterocycles. The van der Waals surface area contributed by atoms with Gasteiger partial charge in [-0.2, -0.15) is 0 Å². The summed E-state index contributed by atoms with van der Waals surface area (Å²) < 4.78 is 2.15. The molecule has 2 aliphatic rings. The zero-order chi connectivity index (χ0) is 12.7. The predicted molar refractivity (Wildman–Crippen MR) is 70.6 cm³/mol. The Hall–Kier alpha value is -0.870. The highest BCUT2D eigenvalue weighted by molar-refractivity contribution is 5.14. The van der Waals surface area contributed by atoms with E-state index in [0.29, 0.717) is 12.0 Å². The third kappa shape index (κ3) is 2.19. The molecule has 1 aromatic heterocycles. The summed E-state index contributed by atoms with van der Waals surface area (Å²) in [5.41, 5.74) is 1.24. The summed E-state index contributed by atoms with van der Waals surface area (Å²) in [4.78, 5) is 7.31. The first-order valence-electron chi connectivity index (χ1n) is 7.11. The van der Waals surface area contributed by atoms with Gasteiger partial charge < -0.3 is 14.6 Å². The highest BCUT2D eigenvalue weighted by Gasteiger charge is 2.28. The first kappa shape index (κ1) is 12.2. The molecule has 1 N–H and O–H groups in total. The fraction of sp³-hybridized carbons (Fsp3) is 0.786. The fourth-order valence-electron chi connectivity index (χ4n) is 3.14. The molecule has 1 fully saturated rings. The van der Waals surface area contributed by atoms with E-state index in [1.165, 1.54) is 24.5 Å². The summed E-state index contributed by atoms with van der Waals surface area (Å²) in [5.74, 6) is 1.75. The number of hydrogen-bond acceptors (Lipinski definition) is 3. The Kier molecular flexibility index (Phi) is 3.16. The van der Waals surface area contributed by atoms with E-state index in [1.54, 1.807) is 0 Å². The number of rotatable bonds is 2.